The summed E-state index contributed by atoms with van der Waals surface area (Å²) in [6.07, 6.45) is 2.50. The Morgan fingerprint density at radius 1 is 1.00 bits per heavy atom. The van der Waals surface area contributed by atoms with Gasteiger partial charge in [-0.15, -0.1) is 10.2 Å². The van der Waals surface area contributed by atoms with E-state index in [4.69, 9.17) is 4.42 Å². The summed E-state index contributed by atoms with van der Waals surface area (Å²) in [5.41, 5.74) is 3.56. The molecule has 0 N–H and O–H groups in total. The third-order valence-corrected chi connectivity index (χ3v) is 6.90. The van der Waals surface area contributed by atoms with Crippen LogP contribution in [-0.2, 0) is 18.8 Å². The van der Waals surface area contributed by atoms with Crippen molar-refractivity contribution in [2.24, 2.45) is 0 Å². The van der Waals surface area contributed by atoms with Gasteiger partial charge < -0.3 is 8.98 Å². The van der Waals surface area contributed by atoms with E-state index in [0.29, 0.717) is 11.3 Å². The Bertz CT molecular complexity index is 1280. The highest BCUT2D eigenvalue weighted by molar-refractivity contribution is 7.98. The van der Waals surface area contributed by atoms with Crippen LogP contribution in [0.15, 0.2) is 69.0 Å². The van der Waals surface area contributed by atoms with Crippen LogP contribution in [0.2, 0.25) is 0 Å². The second-order valence-electron chi connectivity index (χ2n) is 8.33. The SMILES string of the molecule is Cc1ccc2c(CSc3nnc(CN4CCCC4)n3Cc3ccccc3)cc(=O)oc2c1. The van der Waals surface area contributed by atoms with Gasteiger partial charge in [-0.1, -0.05) is 54.2 Å². The maximum Gasteiger partial charge on any atom is 0.336 e. The van der Waals surface area contributed by atoms with Crippen molar-refractivity contribution in [3.8, 4) is 0 Å². The molecule has 1 aliphatic rings. The van der Waals surface area contributed by atoms with Gasteiger partial charge in [-0.05, 0) is 55.6 Å². The zero-order valence-electron chi connectivity index (χ0n) is 18.2. The highest BCUT2D eigenvalue weighted by Gasteiger charge is 2.19. The van der Waals surface area contributed by atoms with Crippen LogP contribution in [0.1, 0.15) is 35.4 Å². The number of fused-ring (bicyclic) bond motifs is 1. The van der Waals surface area contributed by atoms with E-state index in [1.807, 2.05) is 31.2 Å². The molecule has 4 aromatic rings. The third-order valence-electron chi connectivity index (χ3n) is 5.88. The van der Waals surface area contributed by atoms with Crippen molar-refractivity contribution < 1.29 is 4.42 Å². The van der Waals surface area contributed by atoms with Gasteiger partial charge in [0.15, 0.2) is 5.16 Å². The van der Waals surface area contributed by atoms with E-state index in [-0.39, 0.29) is 5.63 Å². The molecule has 164 valence electrons. The van der Waals surface area contributed by atoms with Gasteiger partial charge in [0.1, 0.15) is 11.4 Å². The predicted molar refractivity (Wildman–Crippen MR) is 127 cm³/mol. The van der Waals surface area contributed by atoms with E-state index >= 15 is 0 Å². The zero-order chi connectivity index (χ0) is 21.9. The summed E-state index contributed by atoms with van der Waals surface area (Å²) in [5.74, 6) is 1.62. The summed E-state index contributed by atoms with van der Waals surface area (Å²) in [4.78, 5) is 14.6. The molecule has 1 saturated heterocycles. The van der Waals surface area contributed by atoms with Gasteiger partial charge in [0.2, 0.25) is 0 Å². The lowest BCUT2D eigenvalue weighted by Gasteiger charge is -2.16. The maximum atomic E-state index is 12.1. The van der Waals surface area contributed by atoms with E-state index < -0.39 is 0 Å². The Balaban J connectivity index is 1.43. The number of aryl methyl sites for hydroxylation is 1. The minimum Gasteiger partial charge on any atom is -0.423 e. The molecule has 0 unspecified atom stereocenters. The van der Waals surface area contributed by atoms with Gasteiger partial charge in [-0.2, -0.15) is 0 Å². The number of rotatable bonds is 7. The quantitative estimate of drug-likeness (QED) is 0.305. The lowest BCUT2D eigenvalue weighted by molar-refractivity contribution is 0.316. The summed E-state index contributed by atoms with van der Waals surface area (Å²) in [5, 5.41) is 10.9. The Labute approximate surface area is 191 Å². The van der Waals surface area contributed by atoms with Crippen LogP contribution in [0.25, 0.3) is 11.0 Å². The second-order valence-corrected chi connectivity index (χ2v) is 9.28. The molecule has 0 spiro atoms. The van der Waals surface area contributed by atoms with E-state index in [0.717, 1.165) is 53.7 Å². The summed E-state index contributed by atoms with van der Waals surface area (Å²) < 4.78 is 7.63. The molecule has 32 heavy (non-hydrogen) atoms. The summed E-state index contributed by atoms with van der Waals surface area (Å²) in [6, 6.07) is 18.0. The number of nitrogens with zero attached hydrogens (tertiary/aromatic N) is 4. The number of hydrogen-bond donors (Lipinski definition) is 0. The normalized spacial score (nSPS) is 14.4. The van der Waals surface area contributed by atoms with Gasteiger partial charge in [0.05, 0.1) is 13.1 Å². The van der Waals surface area contributed by atoms with Crippen LogP contribution in [0.4, 0.5) is 0 Å². The van der Waals surface area contributed by atoms with Crippen molar-refractivity contribution in [2.45, 2.75) is 43.8 Å². The van der Waals surface area contributed by atoms with E-state index in [9.17, 15) is 4.79 Å². The number of thioether (sulfide) groups is 1. The number of benzene rings is 2. The highest BCUT2D eigenvalue weighted by Crippen LogP contribution is 2.27. The van der Waals surface area contributed by atoms with Crippen LogP contribution < -0.4 is 5.63 Å². The van der Waals surface area contributed by atoms with Crippen LogP contribution in [0.5, 0.6) is 0 Å². The lowest BCUT2D eigenvalue weighted by atomic mass is 10.1. The monoisotopic (exact) mass is 446 g/mol. The first-order chi connectivity index (χ1) is 15.7. The van der Waals surface area contributed by atoms with Gasteiger partial charge >= 0.3 is 5.63 Å². The molecule has 0 saturated carbocycles. The first kappa shape index (κ1) is 21.0. The van der Waals surface area contributed by atoms with Crippen LogP contribution in [-0.4, -0.2) is 32.8 Å². The maximum absolute atomic E-state index is 12.1. The molecule has 7 heteroatoms. The summed E-state index contributed by atoms with van der Waals surface area (Å²) >= 11 is 1.62. The molecule has 2 aromatic carbocycles. The Kier molecular flexibility index (Phi) is 6.10. The average Bonchev–Trinajstić information content (AvgIpc) is 3.43. The van der Waals surface area contributed by atoms with Crippen molar-refractivity contribution in [3.63, 3.8) is 0 Å². The summed E-state index contributed by atoms with van der Waals surface area (Å²) in [7, 11) is 0. The molecule has 6 nitrogen and oxygen atoms in total. The van der Waals surface area contributed by atoms with Gasteiger partial charge in [0, 0.05) is 17.2 Å². The lowest BCUT2D eigenvalue weighted by Crippen LogP contribution is -2.21. The highest BCUT2D eigenvalue weighted by atomic mass is 32.2. The summed E-state index contributed by atoms with van der Waals surface area (Å²) in [6.45, 7) is 5.78. The Morgan fingerprint density at radius 3 is 2.62 bits per heavy atom. The van der Waals surface area contributed by atoms with Crippen molar-refractivity contribution >= 4 is 22.7 Å². The Hall–Kier alpha value is -2.90. The zero-order valence-corrected chi connectivity index (χ0v) is 19.0. The van der Waals surface area contributed by atoms with E-state index in [1.165, 1.54) is 18.4 Å². The fourth-order valence-corrected chi connectivity index (χ4v) is 5.15. The molecule has 1 aliphatic heterocycles. The first-order valence-electron chi connectivity index (χ1n) is 11.0. The molecule has 0 bridgehead atoms. The fourth-order valence-electron chi connectivity index (χ4n) is 4.21. The van der Waals surface area contributed by atoms with Crippen LogP contribution in [0.3, 0.4) is 0 Å². The standard InChI is InChI=1S/C25H26N4O2S/c1-18-9-10-21-20(14-24(30)31-22(21)13-18)17-32-25-27-26-23(16-28-11-5-6-12-28)29(25)15-19-7-3-2-4-8-19/h2-4,7-10,13-14H,5-6,11-12,15-17H2,1H3. The minimum absolute atomic E-state index is 0.320. The predicted octanol–water partition coefficient (Wildman–Crippen LogP) is 4.63. The van der Waals surface area contributed by atoms with Crippen molar-refractivity contribution in [3.05, 3.63) is 87.5 Å². The molecule has 1 fully saturated rings. The topological polar surface area (TPSA) is 64.2 Å². The minimum atomic E-state index is -0.320. The van der Waals surface area contributed by atoms with Crippen molar-refractivity contribution in [2.75, 3.05) is 13.1 Å². The molecule has 0 radical (unpaired) electrons. The number of aromatic nitrogens is 3. The largest absolute Gasteiger partial charge is 0.423 e. The van der Waals surface area contributed by atoms with E-state index in [2.05, 4.69) is 43.9 Å². The van der Waals surface area contributed by atoms with Crippen LogP contribution >= 0.6 is 11.8 Å². The third kappa shape index (κ3) is 4.64. The average molecular weight is 447 g/mol. The van der Waals surface area contributed by atoms with E-state index in [1.54, 1.807) is 17.8 Å². The van der Waals surface area contributed by atoms with Gasteiger partial charge in [-0.3, -0.25) is 4.90 Å². The second kappa shape index (κ2) is 9.30. The van der Waals surface area contributed by atoms with Gasteiger partial charge in [-0.25, -0.2) is 4.79 Å². The number of likely N-dealkylation sites (tertiary alicyclic amines) is 1. The molecule has 5 rings (SSSR count). The van der Waals surface area contributed by atoms with Crippen molar-refractivity contribution in [1.29, 1.82) is 0 Å². The smallest absolute Gasteiger partial charge is 0.336 e. The van der Waals surface area contributed by atoms with Crippen LogP contribution in [0, 0.1) is 6.92 Å². The number of hydrogen-bond acceptors (Lipinski definition) is 6. The fraction of sp³-hybridized carbons (Fsp3) is 0.320. The Morgan fingerprint density at radius 2 is 1.81 bits per heavy atom. The molecule has 0 aliphatic carbocycles. The first-order valence-corrected chi connectivity index (χ1v) is 12.0. The molecular weight excluding hydrogens is 420 g/mol. The molecule has 2 aromatic heterocycles. The molecule has 0 atom stereocenters. The molecular formula is C25H26N4O2S. The molecule has 3 heterocycles. The van der Waals surface area contributed by atoms with Crippen molar-refractivity contribution in [1.82, 2.24) is 19.7 Å². The molecule has 0 amide bonds. The van der Waals surface area contributed by atoms with Gasteiger partial charge in [0.25, 0.3) is 0 Å².